The molecule has 0 atom stereocenters. The van der Waals surface area contributed by atoms with E-state index < -0.39 is 23.5 Å². The van der Waals surface area contributed by atoms with Crippen LogP contribution in [-0.4, -0.2) is 9.55 Å². The summed E-state index contributed by atoms with van der Waals surface area (Å²) in [4.78, 5) is 4.14. The van der Waals surface area contributed by atoms with Gasteiger partial charge in [0.05, 0.1) is 23.1 Å². The summed E-state index contributed by atoms with van der Waals surface area (Å²) in [6.45, 7) is -0.160. The molecule has 0 saturated carbocycles. The molecule has 0 bridgehead atoms. The molecule has 0 unspecified atom stereocenters. The van der Waals surface area contributed by atoms with Gasteiger partial charge in [-0.1, -0.05) is 30.3 Å². The highest BCUT2D eigenvalue weighted by molar-refractivity contribution is 5.57. The second kappa shape index (κ2) is 6.51. The lowest BCUT2D eigenvalue weighted by atomic mass is 10.0. The summed E-state index contributed by atoms with van der Waals surface area (Å²) in [5, 5.41) is 0. The third-order valence-electron chi connectivity index (χ3n) is 3.72. The number of hydrogen-bond donors (Lipinski definition) is 0. The lowest BCUT2D eigenvalue weighted by molar-refractivity contribution is -0.143. The molecular formula is C18H12F6N2. The van der Waals surface area contributed by atoms with Crippen molar-refractivity contribution in [3.63, 3.8) is 0 Å². The van der Waals surface area contributed by atoms with E-state index in [0.29, 0.717) is 5.69 Å². The van der Waals surface area contributed by atoms with E-state index in [2.05, 4.69) is 4.98 Å². The van der Waals surface area contributed by atoms with Crippen LogP contribution < -0.4 is 0 Å². The van der Waals surface area contributed by atoms with Crippen molar-refractivity contribution in [2.24, 2.45) is 0 Å². The van der Waals surface area contributed by atoms with Gasteiger partial charge in [0, 0.05) is 18.3 Å². The minimum Gasteiger partial charge on any atom is -0.332 e. The first-order valence-electron chi connectivity index (χ1n) is 7.48. The van der Waals surface area contributed by atoms with Gasteiger partial charge in [-0.15, -0.1) is 0 Å². The maximum absolute atomic E-state index is 12.9. The summed E-state index contributed by atoms with van der Waals surface area (Å²) < 4.78 is 78.9. The molecule has 2 nitrogen and oxygen atoms in total. The molecule has 0 radical (unpaired) electrons. The van der Waals surface area contributed by atoms with E-state index in [4.69, 9.17) is 0 Å². The van der Waals surface area contributed by atoms with E-state index in [1.807, 2.05) is 6.07 Å². The van der Waals surface area contributed by atoms with Crippen molar-refractivity contribution in [3.8, 4) is 11.3 Å². The third kappa shape index (κ3) is 4.07. The molecule has 1 aromatic heterocycles. The first-order valence-corrected chi connectivity index (χ1v) is 7.48. The first-order chi connectivity index (χ1) is 12.1. The molecule has 0 aliphatic rings. The fourth-order valence-corrected chi connectivity index (χ4v) is 2.53. The molecule has 2 aromatic carbocycles. The Kier molecular flexibility index (Phi) is 4.52. The third-order valence-corrected chi connectivity index (χ3v) is 3.72. The average Bonchev–Trinajstić information content (AvgIpc) is 3.02. The maximum atomic E-state index is 12.9. The predicted molar refractivity (Wildman–Crippen MR) is 83.2 cm³/mol. The molecule has 136 valence electrons. The SMILES string of the molecule is FC(F)(F)c1cc(Cn2cnc(-c3ccccc3)c2)cc(C(F)(F)F)c1. The van der Waals surface area contributed by atoms with Gasteiger partial charge in [-0.2, -0.15) is 26.3 Å². The van der Waals surface area contributed by atoms with Crippen LogP contribution in [0.4, 0.5) is 26.3 Å². The van der Waals surface area contributed by atoms with Crippen molar-refractivity contribution in [2.75, 3.05) is 0 Å². The number of rotatable bonds is 3. The van der Waals surface area contributed by atoms with Crippen LogP contribution in [0.25, 0.3) is 11.3 Å². The van der Waals surface area contributed by atoms with Crippen molar-refractivity contribution in [3.05, 3.63) is 77.7 Å². The summed E-state index contributed by atoms with van der Waals surface area (Å²) >= 11 is 0. The maximum Gasteiger partial charge on any atom is 0.416 e. The Balaban J connectivity index is 1.93. The number of benzene rings is 2. The smallest absolute Gasteiger partial charge is 0.332 e. The van der Waals surface area contributed by atoms with Crippen LogP contribution in [0.1, 0.15) is 16.7 Å². The summed E-state index contributed by atoms with van der Waals surface area (Å²) in [6.07, 6.45) is -6.78. The van der Waals surface area contributed by atoms with Crippen LogP contribution in [0.2, 0.25) is 0 Å². The number of hydrogen-bond acceptors (Lipinski definition) is 1. The molecule has 0 aliphatic heterocycles. The van der Waals surface area contributed by atoms with Crippen molar-refractivity contribution in [1.29, 1.82) is 0 Å². The molecule has 0 aliphatic carbocycles. The van der Waals surface area contributed by atoms with Crippen LogP contribution in [0.5, 0.6) is 0 Å². The molecule has 8 heteroatoms. The van der Waals surface area contributed by atoms with E-state index in [-0.39, 0.29) is 18.2 Å². The highest BCUT2D eigenvalue weighted by Crippen LogP contribution is 2.36. The van der Waals surface area contributed by atoms with E-state index in [9.17, 15) is 26.3 Å². The normalized spacial score (nSPS) is 12.4. The second-order valence-electron chi connectivity index (χ2n) is 5.71. The summed E-state index contributed by atoms with van der Waals surface area (Å²) in [6, 6.07) is 10.6. The Bertz CT molecular complexity index is 862. The molecular weight excluding hydrogens is 358 g/mol. The predicted octanol–water partition coefficient (Wildman–Crippen LogP) is 5.64. The standard InChI is InChI=1S/C18H12F6N2/c19-17(20,21)14-6-12(7-15(8-14)18(22,23)24)9-26-10-16(25-11-26)13-4-2-1-3-5-13/h1-8,10-11H,9H2. The van der Waals surface area contributed by atoms with Crippen LogP contribution in [0, 0.1) is 0 Å². The van der Waals surface area contributed by atoms with Gasteiger partial charge < -0.3 is 4.57 Å². The van der Waals surface area contributed by atoms with Gasteiger partial charge in [-0.25, -0.2) is 4.98 Å². The van der Waals surface area contributed by atoms with Crippen LogP contribution in [-0.2, 0) is 18.9 Å². The van der Waals surface area contributed by atoms with E-state index in [0.717, 1.165) is 17.7 Å². The highest BCUT2D eigenvalue weighted by atomic mass is 19.4. The van der Waals surface area contributed by atoms with E-state index in [1.165, 1.54) is 10.9 Å². The minimum absolute atomic E-state index is 0.107. The van der Waals surface area contributed by atoms with Gasteiger partial charge in [-0.3, -0.25) is 0 Å². The largest absolute Gasteiger partial charge is 0.416 e. The Morgan fingerprint density at radius 2 is 1.38 bits per heavy atom. The number of aromatic nitrogens is 2. The lowest BCUT2D eigenvalue weighted by Gasteiger charge is -2.14. The van der Waals surface area contributed by atoms with Gasteiger partial charge >= 0.3 is 12.4 Å². The van der Waals surface area contributed by atoms with Gasteiger partial charge in [-0.05, 0) is 23.8 Å². The Morgan fingerprint density at radius 3 is 1.92 bits per heavy atom. The number of halogens is 6. The van der Waals surface area contributed by atoms with Crippen LogP contribution in [0.3, 0.4) is 0 Å². The molecule has 26 heavy (non-hydrogen) atoms. The van der Waals surface area contributed by atoms with Crippen LogP contribution in [0.15, 0.2) is 61.1 Å². The van der Waals surface area contributed by atoms with Crippen molar-refractivity contribution in [2.45, 2.75) is 18.9 Å². The molecule has 3 rings (SSSR count). The summed E-state index contributed by atoms with van der Waals surface area (Å²) in [7, 11) is 0. The van der Waals surface area contributed by atoms with Gasteiger partial charge in [0.15, 0.2) is 0 Å². The molecule has 0 amide bonds. The Morgan fingerprint density at radius 1 is 0.808 bits per heavy atom. The fourth-order valence-electron chi connectivity index (χ4n) is 2.53. The zero-order valence-corrected chi connectivity index (χ0v) is 13.1. The van der Waals surface area contributed by atoms with E-state index in [1.54, 1.807) is 30.5 Å². The first kappa shape index (κ1) is 18.0. The number of nitrogens with zero attached hydrogens (tertiary/aromatic N) is 2. The zero-order valence-electron chi connectivity index (χ0n) is 13.1. The molecule has 1 heterocycles. The number of alkyl halides is 6. The van der Waals surface area contributed by atoms with Gasteiger partial charge in [0.25, 0.3) is 0 Å². The number of imidazole rings is 1. The van der Waals surface area contributed by atoms with Crippen molar-refractivity contribution in [1.82, 2.24) is 9.55 Å². The average molecular weight is 370 g/mol. The quantitative estimate of drug-likeness (QED) is 0.546. The monoisotopic (exact) mass is 370 g/mol. The lowest BCUT2D eigenvalue weighted by Crippen LogP contribution is -2.12. The highest BCUT2D eigenvalue weighted by Gasteiger charge is 2.36. The second-order valence-corrected chi connectivity index (χ2v) is 5.71. The van der Waals surface area contributed by atoms with Crippen molar-refractivity contribution >= 4 is 0 Å². The summed E-state index contributed by atoms with van der Waals surface area (Å²) in [5.74, 6) is 0. The topological polar surface area (TPSA) is 17.8 Å². The Hall–Kier alpha value is -2.77. The summed E-state index contributed by atoms with van der Waals surface area (Å²) in [5.41, 5.74) is -1.39. The van der Waals surface area contributed by atoms with E-state index >= 15 is 0 Å². The minimum atomic E-state index is -4.86. The Labute approximate surface area is 144 Å². The van der Waals surface area contributed by atoms with Crippen molar-refractivity contribution < 1.29 is 26.3 Å². The molecule has 0 N–H and O–H groups in total. The van der Waals surface area contributed by atoms with Gasteiger partial charge in [0.1, 0.15) is 0 Å². The fraction of sp³-hybridized carbons (Fsp3) is 0.167. The zero-order chi connectivity index (χ0) is 18.9. The van der Waals surface area contributed by atoms with Gasteiger partial charge in [0.2, 0.25) is 0 Å². The molecule has 0 fully saturated rings. The molecule has 0 spiro atoms. The molecule has 0 saturated heterocycles. The molecule has 3 aromatic rings. The van der Waals surface area contributed by atoms with Crippen LogP contribution >= 0.6 is 0 Å².